The molecule has 0 aliphatic heterocycles. The zero-order valence-corrected chi connectivity index (χ0v) is 14.5. The Morgan fingerprint density at radius 1 is 1.16 bits per heavy atom. The number of hydrogen-bond donors (Lipinski definition) is 0. The fourth-order valence-electron chi connectivity index (χ4n) is 1.90. The van der Waals surface area contributed by atoms with Crippen LogP contribution < -0.4 is 4.74 Å². The summed E-state index contributed by atoms with van der Waals surface area (Å²) in [5.74, 6) is 0.691. The SMILES string of the molecule is COc1ccc(C(Br)c2cc(Br)ccc2C)cc1Cl. The molecule has 0 N–H and O–H groups in total. The van der Waals surface area contributed by atoms with Gasteiger partial charge < -0.3 is 4.74 Å². The Kier molecular flexibility index (Phi) is 4.93. The van der Waals surface area contributed by atoms with Gasteiger partial charge in [-0.3, -0.25) is 0 Å². The first-order valence-electron chi connectivity index (χ1n) is 5.76. The second kappa shape index (κ2) is 6.29. The lowest BCUT2D eigenvalue weighted by Crippen LogP contribution is -1.96. The zero-order valence-electron chi connectivity index (χ0n) is 10.6. The van der Waals surface area contributed by atoms with Gasteiger partial charge in [-0.05, 0) is 47.9 Å². The van der Waals surface area contributed by atoms with E-state index in [1.807, 2.05) is 24.3 Å². The van der Waals surface area contributed by atoms with Gasteiger partial charge in [0.25, 0.3) is 0 Å². The van der Waals surface area contributed by atoms with Crippen LogP contribution in [0.5, 0.6) is 5.75 Å². The van der Waals surface area contributed by atoms with Crippen LogP contribution in [0.4, 0.5) is 0 Å². The Bertz CT molecular complexity index is 599. The van der Waals surface area contributed by atoms with Gasteiger partial charge in [0.1, 0.15) is 5.75 Å². The first kappa shape index (κ1) is 14.9. The number of methoxy groups -OCH3 is 1. The summed E-state index contributed by atoms with van der Waals surface area (Å²) in [5, 5.41) is 0.622. The van der Waals surface area contributed by atoms with Crippen LogP contribution in [0.2, 0.25) is 5.02 Å². The summed E-state index contributed by atoms with van der Waals surface area (Å²) in [7, 11) is 1.62. The van der Waals surface area contributed by atoms with Gasteiger partial charge in [0, 0.05) is 4.47 Å². The van der Waals surface area contributed by atoms with Crippen molar-refractivity contribution in [2.24, 2.45) is 0 Å². The molecule has 0 saturated carbocycles. The molecule has 2 aromatic carbocycles. The topological polar surface area (TPSA) is 9.23 Å². The van der Waals surface area contributed by atoms with E-state index in [0.717, 1.165) is 10.0 Å². The molecule has 19 heavy (non-hydrogen) atoms. The molecule has 1 atom stereocenters. The third-order valence-electron chi connectivity index (χ3n) is 2.98. The van der Waals surface area contributed by atoms with Crippen LogP contribution in [-0.2, 0) is 0 Å². The Labute approximate surface area is 135 Å². The van der Waals surface area contributed by atoms with Gasteiger partial charge in [-0.15, -0.1) is 0 Å². The molecule has 0 aliphatic carbocycles. The Balaban J connectivity index is 2.41. The lowest BCUT2D eigenvalue weighted by molar-refractivity contribution is 0.415. The number of benzene rings is 2. The molecule has 0 amide bonds. The summed E-state index contributed by atoms with van der Waals surface area (Å²) in [6, 6.07) is 12.1. The van der Waals surface area contributed by atoms with Crippen molar-refractivity contribution in [1.29, 1.82) is 0 Å². The van der Waals surface area contributed by atoms with Gasteiger partial charge in [0.05, 0.1) is 17.0 Å². The van der Waals surface area contributed by atoms with Crippen LogP contribution in [0.3, 0.4) is 0 Å². The third-order valence-corrected chi connectivity index (χ3v) is 4.79. The Hall–Kier alpha value is -0.510. The Morgan fingerprint density at radius 3 is 2.53 bits per heavy atom. The minimum atomic E-state index is 0.105. The van der Waals surface area contributed by atoms with Gasteiger partial charge in [-0.1, -0.05) is 55.6 Å². The van der Waals surface area contributed by atoms with Crippen molar-refractivity contribution in [3.8, 4) is 5.75 Å². The van der Waals surface area contributed by atoms with E-state index < -0.39 is 0 Å². The minimum absolute atomic E-state index is 0.105. The van der Waals surface area contributed by atoms with Crippen molar-refractivity contribution in [2.75, 3.05) is 7.11 Å². The summed E-state index contributed by atoms with van der Waals surface area (Å²) < 4.78 is 6.24. The fraction of sp³-hybridized carbons (Fsp3) is 0.200. The van der Waals surface area contributed by atoms with Gasteiger partial charge >= 0.3 is 0 Å². The lowest BCUT2D eigenvalue weighted by Gasteiger charge is -2.15. The van der Waals surface area contributed by atoms with Crippen molar-refractivity contribution >= 4 is 43.5 Å². The normalized spacial score (nSPS) is 12.3. The quantitative estimate of drug-likeness (QED) is 0.579. The van der Waals surface area contributed by atoms with Crippen molar-refractivity contribution in [3.63, 3.8) is 0 Å². The molecule has 2 aromatic rings. The van der Waals surface area contributed by atoms with E-state index in [4.69, 9.17) is 16.3 Å². The van der Waals surface area contributed by atoms with E-state index in [1.165, 1.54) is 11.1 Å². The molecule has 0 spiro atoms. The predicted molar refractivity (Wildman–Crippen MR) is 87.7 cm³/mol. The highest BCUT2D eigenvalue weighted by atomic mass is 79.9. The first-order chi connectivity index (χ1) is 9.02. The van der Waals surface area contributed by atoms with Gasteiger partial charge in [-0.25, -0.2) is 0 Å². The van der Waals surface area contributed by atoms with Crippen LogP contribution in [0.25, 0.3) is 0 Å². The summed E-state index contributed by atoms with van der Waals surface area (Å²) >= 11 is 13.4. The number of ether oxygens (including phenoxy) is 1. The monoisotopic (exact) mass is 402 g/mol. The van der Waals surface area contributed by atoms with Crippen molar-refractivity contribution < 1.29 is 4.74 Å². The van der Waals surface area contributed by atoms with Gasteiger partial charge in [0.15, 0.2) is 0 Å². The maximum atomic E-state index is 6.18. The Morgan fingerprint density at radius 2 is 1.89 bits per heavy atom. The lowest BCUT2D eigenvalue weighted by atomic mass is 10.0. The summed E-state index contributed by atoms with van der Waals surface area (Å²) in [5.41, 5.74) is 3.56. The number of halogens is 3. The summed E-state index contributed by atoms with van der Waals surface area (Å²) in [6.45, 7) is 2.10. The van der Waals surface area contributed by atoms with E-state index in [9.17, 15) is 0 Å². The molecule has 0 aliphatic rings. The first-order valence-corrected chi connectivity index (χ1v) is 7.85. The summed E-state index contributed by atoms with van der Waals surface area (Å²) in [6.07, 6.45) is 0. The number of rotatable bonds is 3. The number of alkyl halides is 1. The average Bonchev–Trinajstić information content (AvgIpc) is 2.40. The van der Waals surface area contributed by atoms with Gasteiger partial charge in [0.2, 0.25) is 0 Å². The highest BCUT2D eigenvalue weighted by Gasteiger charge is 2.14. The number of hydrogen-bond acceptors (Lipinski definition) is 1. The molecule has 1 nitrogen and oxygen atoms in total. The second-order valence-electron chi connectivity index (χ2n) is 4.26. The molecular weight excluding hydrogens is 391 g/mol. The van der Waals surface area contributed by atoms with E-state index >= 15 is 0 Å². The largest absolute Gasteiger partial charge is 0.495 e. The second-order valence-corrected chi connectivity index (χ2v) is 6.50. The molecule has 100 valence electrons. The van der Waals surface area contributed by atoms with E-state index in [0.29, 0.717) is 10.8 Å². The third kappa shape index (κ3) is 3.33. The molecule has 2 rings (SSSR count). The van der Waals surface area contributed by atoms with Crippen LogP contribution in [-0.4, -0.2) is 7.11 Å². The van der Waals surface area contributed by atoms with Gasteiger partial charge in [-0.2, -0.15) is 0 Å². The molecule has 0 fully saturated rings. The summed E-state index contributed by atoms with van der Waals surface area (Å²) in [4.78, 5) is 0.105. The standard InChI is InChI=1S/C15H13Br2ClO/c1-9-3-5-11(16)8-12(9)15(17)10-4-6-14(19-2)13(18)7-10/h3-8,15H,1-2H3. The van der Waals surface area contributed by atoms with Crippen LogP contribution in [0.1, 0.15) is 21.5 Å². The van der Waals surface area contributed by atoms with Crippen molar-refractivity contribution in [3.05, 3.63) is 62.6 Å². The van der Waals surface area contributed by atoms with Crippen LogP contribution in [0.15, 0.2) is 40.9 Å². The van der Waals surface area contributed by atoms with Crippen LogP contribution in [0, 0.1) is 6.92 Å². The highest BCUT2D eigenvalue weighted by Crippen LogP contribution is 2.37. The minimum Gasteiger partial charge on any atom is -0.495 e. The molecule has 0 saturated heterocycles. The van der Waals surface area contributed by atoms with E-state index in [2.05, 4.69) is 50.9 Å². The maximum Gasteiger partial charge on any atom is 0.137 e. The van der Waals surface area contributed by atoms with E-state index in [-0.39, 0.29) is 4.83 Å². The smallest absolute Gasteiger partial charge is 0.137 e. The zero-order chi connectivity index (χ0) is 14.0. The van der Waals surface area contributed by atoms with Crippen molar-refractivity contribution in [2.45, 2.75) is 11.8 Å². The molecule has 4 heteroatoms. The molecule has 0 heterocycles. The van der Waals surface area contributed by atoms with Crippen LogP contribution >= 0.6 is 43.5 Å². The molecular formula is C15H13Br2ClO. The highest BCUT2D eigenvalue weighted by molar-refractivity contribution is 9.10. The average molecular weight is 405 g/mol. The molecule has 0 radical (unpaired) electrons. The maximum absolute atomic E-state index is 6.18. The molecule has 1 unspecified atom stereocenters. The number of aryl methyl sites for hydroxylation is 1. The molecule has 0 bridgehead atoms. The fourth-order valence-corrected chi connectivity index (χ4v) is 3.33. The van der Waals surface area contributed by atoms with Crippen molar-refractivity contribution in [1.82, 2.24) is 0 Å². The van der Waals surface area contributed by atoms with E-state index in [1.54, 1.807) is 7.11 Å². The molecule has 0 aromatic heterocycles. The predicted octanol–water partition coefficient (Wildman–Crippen LogP) is 5.90.